The quantitative estimate of drug-likeness (QED) is 0.682. The van der Waals surface area contributed by atoms with Crippen LogP contribution < -0.4 is 4.74 Å². The second-order valence-electron chi connectivity index (χ2n) is 4.73. The van der Waals surface area contributed by atoms with Crippen molar-refractivity contribution in [2.24, 2.45) is 0 Å². The van der Waals surface area contributed by atoms with Gasteiger partial charge in [-0.2, -0.15) is 0 Å². The Morgan fingerprint density at radius 1 is 1.25 bits per heavy atom. The Balaban J connectivity index is 2.15. The summed E-state index contributed by atoms with van der Waals surface area (Å²) < 4.78 is 5.90. The zero-order chi connectivity index (χ0) is 14.5. The highest BCUT2D eigenvalue weighted by Crippen LogP contribution is 2.29. The predicted molar refractivity (Wildman–Crippen MR) is 83.7 cm³/mol. The number of halogens is 2. The first-order chi connectivity index (χ1) is 9.61. The molecule has 0 bridgehead atoms. The average Bonchev–Trinajstić information content (AvgIpc) is 2.46. The number of para-hydroxylation sites is 1. The number of pyridine rings is 1. The van der Waals surface area contributed by atoms with Crippen LogP contribution in [0.2, 0.25) is 10.2 Å². The molecule has 0 aliphatic heterocycles. The van der Waals surface area contributed by atoms with Crippen LogP contribution in [0.15, 0.2) is 36.5 Å². The molecule has 0 fully saturated rings. The number of nitrogens with zero attached hydrogens (tertiary/aromatic N) is 1. The van der Waals surface area contributed by atoms with Crippen LogP contribution in [0.1, 0.15) is 37.3 Å². The van der Waals surface area contributed by atoms with Crippen molar-refractivity contribution in [3.05, 3.63) is 57.8 Å². The molecule has 0 aliphatic carbocycles. The first-order valence-electron chi connectivity index (χ1n) is 6.63. The second kappa shape index (κ2) is 6.96. The molecule has 2 aromatic rings. The summed E-state index contributed by atoms with van der Waals surface area (Å²) in [5, 5.41) is 0.963. The number of benzene rings is 1. The van der Waals surface area contributed by atoms with Crippen LogP contribution in [0.5, 0.6) is 5.75 Å². The van der Waals surface area contributed by atoms with Gasteiger partial charge in [-0.05, 0) is 30.0 Å². The fourth-order valence-corrected chi connectivity index (χ4v) is 2.36. The van der Waals surface area contributed by atoms with Crippen LogP contribution in [-0.4, -0.2) is 4.98 Å². The van der Waals surface area contributed by atoms with Gasteiger partial charge in [-0.15, -0.1) is 0 Å². The van der Waals surface area contributed by atoms with E-state index in [-0.39, 0.29) is 0 Å². The Hall–Kier alpha value is -1.25. The molecule has 0 saturated heterocycles. The van der Waals surface area contributed by atoms with E-state index < -0.39 is 0 Å². The van der Waals surface area contributed by atoms with Crippen molar-refractivity contribution in [3.63, 3.8) is 0 Å². The minimum atomic E-state index is 0.385. The van der Waals surface area contributed by atoms with Crippen molar-refractivity contribution in [2.75, 3.05) is 0 Å². The highest BCUT2D eigenvalue weighted by atomic mass is 35.5. The monoisotopic (exact) mass is 309 g/mol. The van der Waals surface area contributed by atoms with E-state index in [1.165, 1.54) is 5.56 Å². The van der Waals surface area contributed by atoms with Gasteiger partial charge in [0.2, 0.25) is 0 Å². The fourth-order valence-electron chi connectivity index (χ4n) is 1.94. The zero-order valence-electron chi connectivity index (χ0n) is 11.6. The molecule has 2 nitrogen and oxygen atoms in total. The van der Waals surface area contributed by atoms with Gasteiger partial charge in [-0.3, -0.25) is 0 Å². The van der Waals surface area contributed by atoms with E-state index in [0.29, 0.717) is 22.7 Å². The van der Waals surface area contributed by atoms with Gasteiger partial charge in [0.15, 0.2) is 0 Å². The van der Waals surface area contributed by atoms with Crippen molar-refractivity contribution in [1.82, 2.24) is 4.98 Å². The van der Waals surface area contributed by atoms with Gasteiger partial charge < -0.3 is 4.74 Å². The molecule has 106 valence electrons. The van der Waals surface area contributed by atoms with E-state index in [9.17, 15) is 0 Å². The van der Waals surface area contributed by atoms with E-state index in [1.807, 2.05) is 18.2 Å². The minimum absolute atomic E-state index is 0.385. The third-order valence-corrected chi connectivity index (χ3v) is 3.90. The Bertz CT molecular complexity index is 586. The van der Waals surface area contributed by atoms with Gasteiger partial charge in [-0.1, -0.05) is 55.2 Å². The first kappa shape index (κ1) is 15.1. The molecule has 0 N–H and O–H groups in total. The minimum Gasteiger partial charge on any atom is -0.489 e. The molecule has 0 radical (unpaired) electrons. The molecule has 0 aliphatic rings. The topological polar surface area (TPSA) is 22.1 Å². The van der Waals surface area contributed by atoms with Gasteiger partial charge in [-0.25, -0.2) is 4.98 Å². The van der Waals surface area contributed by atoms with Crippen molar-refractivity contribution >= 4 is 23.2 Å². The normalized spacial score (nSPS) is 12.2. The lowest BCUT2D eigenvalue weighted by molar-refractivity contribution is 0.301. The molecule has 0 saturated carbocycles. The van der Waals surface area contributed by atoms with Crippen LogP contribution in [-0.2, 0) is 6.61 Å². The van der Waals surface area contributed by atoms with E-state index in [2.05, 4.69) is 24.9 Å². The molecule has 1 aromatic heterocycles. The summed E-state index contributed by atoms with van der Waals surface area (Å²) >= 11 is 11.9. The first-order valence-corrected chi connectivity index (χ1v) is 7.39. The standard InChI is InChI=1S/C16H17Cl2NO/c1-3-11(2)13-6-4-5-7-15(13)20-10-12-9-19-16(18)8-14(12)17/h4-9,11H,3,10H2,1-2H3. The predicted octanol–water partition coefficient (Wildman–Crippen LogP) is 5.48. The summed E-state index contributed by atoms with van der Waals surface area (Å²) in [6.07, 6.45) is 2.72. The Labute approximate surface area is 129 Å². The largest absolute Gasteiger partial charge is 0.489 e. The fraction of sp³-hybridized carbons (Fsp3) is 0.312. The molecule has 20 heavy (non-hydrogen) atoms. The summed E-state index contributed by atoms with van der Waals surface area (Å²) in [5.74, 6) is 1.36. The Morgan fingerprint density at radius 3 is 2.70 bits per heavy atom. The highest BCUT2D eigenvalue weighted by Gasteiger charge is 2.10. The molecular formula is C16H17Cl2NO. The number of hydrogen-bond donors (Lipinski definition) is 0. The van der Waals surface area contributed by atoms with E-state index in [1.54, 1.807) is 12.3 Å². The third kappa shape index (κ3) is 3.65. The number of hydrogen-bond acceptors (Lipinski definition) is 2. The Kier molecular flexibility index (Phi) is 5.27. The molecule has 4 heteroatoms. The maximum atomic E-state index is 6.12. The van der Waals surface area contributed by atoms with Crippen LogP contribution in [0.25, 0.3) is 0 Å². The lowest BCUT2D eigenvalue weighted by Gasteiger charge is -2.16. The summed E-state index contributed by atoms with van der Waals surface area (Å²) in [6.45, 7) is 4.75. The lowest BCUT2D eigenvalue weighted by Crippen LogP contribution is -2.01. The second-order valence-corrected chi connectivity index (χ2v) is 5.53. The smallest absolute Gasteiger partial charge is 0.130 e. The van der Waals surface area contributed by atoms with Crippen molar-refractivity contribution < 1.29 is 4.74 Å². The summed E-state index contributed by atoms with van der Waals surface area (Å²) in [7, 11) is 0. The van der Waals surface area contributed by atoms with Crippen LogP contribution in [0, 0.1) is 0 Å². The molecule has 1 aromatic carbocycles. The van der Waals surface area contributed by atoms with E-state index in [4.69, 9.17) is 27.9 Å². The molecule has 1 heterocycles. The van der Waals surface area contributed by atoms with E-state index >= 15 is 0 Å². The van der Waals surface area contributed by atoms with Gasteiger partial charge in [0.1, 0.15) is 17.5 Å². The Morgan fingerprint density at radius 2 is 2.00 bits per heavy atom. The van der Waals surface area contributed by atoms with Gasteiger partial charge in [0, 0.05) is 11.8 Å². The van der Waals surface area contributed by atoms with Gasteiger partial charge in [0.25, 0.3) is 0 Å². The van der Waals surface area contributed by atoms with Crippen molar-refractivity contribution in [2.45, 2.75) is 32.8 Å². The number of aromatic nitrogens is 1. The van der Waals surface area contributed by atoms with E-state index in [0.717, 1.165) is 17.7 Å². The third-order valence-electron chi connectivity index (χ3n) is 3.34. The summed E-state index contributed by atoms with van der Waals surface area (Å²) in [4.78, 5) is 4.03. The van der Waals surface area contributed by atoms with Crippen molar-refractivity contribution in [3.8, 4) is 5.75 Å². The molecule has 2 rings (SSSR count). The van der Waals surface area contributed by atoms with Crippen LogP contribution in [0.4, 0.5) is 0 Å². The molecule has 0 spiro atoms. The van der Waals surface area contributed by atoms with Gasteiger partial charge >= 0.3 is 0 Å². The van der Waals surface area contributed by atoms with Crippen LogP contribution >= 0.6 is 23.2 Å². The average molecular weight is 310 g/mol. The molecule has 0 amide bonds. The number of rotatable bonds is 5. The molecule has 1 unspecified atom stereocenters. The van der Waals surface area contributed by atoms with Crippen molar-refractivity contribution in [1.29, 1.82) is 0 Å². The SMILES string of the molecule is CCC(C)c1ccccc1OCc1cnc(Cl)cc1Cl. The maximum Gasteiger partial charge on any atom is 0.130 e. The number of ether oxygens (including phenoxy) is 1. The molecule has 1 atom stereocenters. The summed E-state index contributed by atoms with van der Waals surface area (Å²) in [6, 6.07) is 9.72. The highest BCUT2D eigenvalue weighted by molar-refractivity contribution is 6.34. The maximum absolute atomic E-state index is 6.12. The molecular weight excluding hydrogens is 293 g/mol. The summed E-state index contributed by atoms with van der Waals surface area (Å²) in [5.41, 5.74) is 2.04. The zero-order valence-corrected chi connectivity index (χ0v) is 13.1. The lowest BCUT2D eigenvalue weighted by atomic mass is 9.98. The van der Waals surface area contributed by atoms with Gasteiger partial charge in [0.05, 0.1) is 5.02 Å². The van der Waals surface area contributed by atoms with Crippen LogP contribution in [0.3, 0.4) is 0 Å².